The van der Waals surface area contributed by atoms with Crippen LogP contribution in [0.4, 0.5) is 4.39 Å². The Hall–Kier alpha value is -5.75. The van der Waals surface area contributed by atoms with Crippen molar-refractivity contribution in [2.75, 3.05) is 0 Å². The van der Waals surface area contributed by atoms with Gasteiger partial charge >= 0.3 is 0 Å². The Kier molecular flexibility index (Phi) is 11.2. The zero-order valence-electron chi connectivity index (χ0n) is 39.0. The molecule has 9 rings (SSSR count). The van der Waals surface area contributed by atoms with Gasteiger partial charge in [-0.3, -0.25) is 9.37 Å². The molecule has 0 unspecified atom stereocenters. The fourth-order valence-electron chi connectivity index (χ4n) is 7.82. The van der Waals surface area contributed by atoms with Gasteiger partial charge in [0, 0.05) is 53.0 Å². The van der Waals surface area contributed by atoms with E-state index in [1.54, 1.807) is 12.3 Å². The Labute approximate surface area is 376 Å². The number of fused-ring (bicyclic) bond motifs is 4. The van der Waals surface area contributed by atoms with Crippen LogP contribution in [0, 0.1) is 38.6 Å². The second-order valence-electron chi connectivity index (χ2n) is 17.2. The maximum absolute atomic E-state index is 14.1. The summed E-state index contributed by atoms with van der Waals surface area (Å²) in [6.45, 7) is 17.1. The van der Waals surface area contributed by atoms with Crippen molar-refractivity contribution in [2.24, 2.45) is 0 Å². The molecule has 4 heterocycles. The number of furan rings is 1. The van der Waals surface area contributed by atoms with Crippen molar-refractivity contribution in [1.29, 1.82) is 0 Å². The van der Waals surface area contributed by atoms with Crippen molar-refractivity contribution in [2.45, 2.75) is 86.4 Å². The Balaban J connectivity index is 0.000000236. The number of para-hydroxylation sites is 1. The number of pyridine rings is 2. The van der Waals surface area contributed by atoms with E-state index < -0.39 is 12.7 Å². The molecule has 0 aliphatic rings. The van der Waals surface area contributed by atoms with Gasteiger partial charge in [-0.2, -0.15) is 0 Å². The van der Waals surface area contributed by atoms with Gasteiger partial charge in [0.2, 0.25) is 0 Å². The first-order valence-electron chi connectivity index (χ1n) is 22.0. The van der Waals surface area contributed by atoms with Gasteiger partial charge in [0.05, 0.1) is 16.9 Å². The van der Waals surface area contributed by atoms with Gasteiger partial charge in [-0.05, 0) is 88.4 Å². The largest absolute Gasteiger partial charge is 0.501 e. The summed E-state index contributed by atoms with van der Waals surface area (Å²) in [5.74, 6) is 0.806. The number of rotatable bonds is 6. The van der Waals surface area contributed by atoms with Crippen molar-refractivity contribution in [3.63, 3.8) is 0 Å². The summed E-state index contributed by atoms with van der Waals surface area (Å²) < 4.78 is 44.9. The second-order valence-corrected chi connectivity index (χ2v) is 17.2. The smallest absolute Gasteiger partial charge is 0.155 e. The maximum Gasteiger partial charge on any atom is 0.155 e. The summed E-state index contributed by atoms with van der Waals surface area (Å²) in [4.78, 5) is 14.5. The fourth-order valence-corrected chi connectivity index (χ4v) is 7.82. The number of nitrogens with zero attached hydrogens (tertiary/aromatic N) is 4. The molecular formula is C54H51FIrN4O-2. The van der Waals surface area contributed by atoms with E-state index in [9.17, 15) is 4.39 Å². The molecule has 9 aromatic rings. The van der Waals surface area contributed by atoms with Gasteiger partial charge in [-0.1, -0.05) is 139 Å². The SMILES string of the molecule is Cc1ccc2nc(-c3[c-]ccc4c3oc3cc(-c5ccccc5C)ccc34)n(-c3c(C(C)C)cccc3C(C)C)c2n1.[2H]C([2H])([2H])c1c[c-]c(-c2ccc(C(C)(C)C)cn2)c(F)c1.[Ir]. The molecule has 1 radical (unpaired) electrons. The summed E-state index contributed by atoms with van der Waals surface area (Å²) in [6.07, 6.45) is 1.71. The van der Waals surface area contributed by atoms with E-state index in [0.29, 0.717) is 17.5 Å². The van der Waals surface area contributed by atoms with Crippen molar-refractivity contribution >= 4 is 33.1 Å². The van der Waals surface area contributed by atoms with Gasteiger partial charge in [0.1, 0.15) is 5.58 Å². The molecule has 0 aliphatic heterocycles. The predicted octanol–water partition coefficient (Wildman–Crippen LogP) is 14.6. The average molecular weight is 986 g/mol. The Morgan fingerprint density at radius 2 is 1.54 bits per heavy atom. The van der Waals surface area contributed by atoms with E-state index in [1.165, 1.54) is 28.3 Å². The molecule has 7 heteroatoms. The summed E-state index contributed by atoms with van der Waals surface area (Å²) >= 11 is 0. The van der Waals surface area contributed by atoms with Gasteiger partial charge < -0.3 is 14.0 Å². The molecule has 0 N–H and O–H groups in total. The molecular weight excluding hydrogens is 932 g/mol. The Morgan fingerprint density at radius 3 is 2.20 bits per heavy atom. The van der Waals surface area contributed by atoms with Crippen LogP contribution in [0.25, 0.3) is 72.6 Å². The third-order valence-electron chi connectivity index (χ3n) is 11.1. The van der Waals surface area contributed by atoms with Crippen molar-refractivity contribution in [3.05, 3.63) is 167 Å². The first kappa shape index (κ1) is 39.4. The van der Waals surface area contributed by atoms with Crippen LogP contribution in [0.2, 0.25) is 0 Å². The van der Waals surface area contributed by atoms with E-state index in [0.717, 1.165) is 73.1 Å². The van der Waals surface area contributed by atoms with Crippen molar-refractivity contribution < 1.29 is 33.0 Å². The molecule has 5 aromatic carbocycles. The van der Waals surface area contributed by atoms with E-state index in [-0.39, 0.29) is 36.6 Å². The molecule has 0 fully saturated rings. The standard InChI is InChI=1S/C38H34N3O.C16H17FN.Ir/c1-22(2)27-13-9-14-28(23(3)4)35(27)41-37(40-33-20-17-25(6)39-38(33)41)32-16-10-15-31-30-19-18-26(21-34(30)42-36(31)32)29-12-8-7-11-24(29)5;1-11-5-7-13(14(17)9-11)15-8-6-12(10-18-15)16(2,3)4;/h7-15,17-23H,1-6H3;5-6,8-10H,1-4H3;/q2*-1;/i;1D3;. The maximum atomic E-state index is 14.1. The summed E-state index contributed by atoms with van der Waals surface area (Å²) in [7, 11) is 0. The number of aryl methyl sites for hydroxylation is 3. The molecule has 0 aliphatic carbocycles. The van der Waals surface area contributed by atoms with Crippen LogP contribution in [0.1, 0.15) is 97.9 Å². The molecule has 0 atom stereocenters. The predicted molar refractivity (Wildman–Crippen MR) is 245 cm³/mol. The normalized spacial score (nSPS) is 12.6. The van der Waals surface area contributed by atoms with Crippen LogP contribution < -0.4 is 0 Å². The third-order valence-corrected chi connectivity index (χ3v) is 11.1. The minimum atomic E-state index is -2.33. The number of imidazole rings is 1. The molecule has 5 nitrogen and oxygen atoms in total. The van der Waals surface area contributed by atoms with Crippen molar-refractivity contribution in [3.8, 4) is 39.5 Å². The number of hydrogen-bond acceptors (Lipinski definition) is 4. The summed E-state index contributed by atoms with van der Waals surface area (Å²) in [5.41, 5.74) is 14.0. The fraction of sp³-hybridized carbons (Fsp3) is 0.241. The quantitative estimate of drug-likeness (QED) is 0.156. The minimum Gasteiger partial charge on any atom is -0.501 e. The Bertz CT molecular complexity index is 3120. The number of halogens is 1. The average Bonchev–Trinajstić information content (AvgIpc) is 3.81. The number of hydrogen-bond donors (Lipinski definition) is 0. The second kappa shape index (κ2) is 17.3. The van der Waals surface area contributed by atoms with Gasteiger partial charge in [0.15, 0.2) is 5.65 Å². The summed E-state index contributed by atoms with van der Waals surface area (Å²) in [5, 5.41) is 2.14. The van der Waals surface area contributed by atoms with E-state index in [1.807, 2.05) is 25.1 Å². The Morgan fingerprint density at radius 1 is 0.787 bits per heavy atom. The van der Waals surface area contributed by atoms with E-state index >= 15 is 0 Å². The van der Waals surface area contributed by atoms with Gasteiger partial charge in [-0.15, -0.1) is 42.0 Å². The molecule has 0 saturated heterocycles. The topological polar surface area (TPSA) is 56.7 Å². The first-order chi connectivity index (χ1) is 29.9. The van der Waals surface area contributed by atoms with Crippen LogP contribution in [0.5, 0.6) is 0 Å². The van der Waals surface area contributed by atoms with Crippen LogP contribution in [0.3, 0.4) is 0 Å². The molecule has 311 valence electrons. The van der Waals surface area contributed by atoms with Crippen molar-refractivity contribution in [1.82, 2.24) is 19.5 Å². The number of benzene rings is 5. The minimum absolute atomic E-state index is 0. The van der Waals surface area contributed by atoms with Gasteiger partial charge in [0.25, 0.3) is 0 Å². The van der Waals surface area contributed by atoms with Gasteiger partial charge in [-0.25, -0.2) is 4.98 Å². The zero-order chi connectivity index (χ0) is 45.0. The van der Waals surface area contributed by atoms with Crippen LogP contribution >= 0.6 is 0 Å². The molecule has 0 saturated carbocycles. The molecule has 0 amide bonds. The molecule has 0 bridgehead atoms. The molecule has 0 spiro atoms. The van der Waals surface area contributed by atoms with E-state index in [4.69, 9.17) is 18.5 Å². The summed E-state index contributed by atoms with van der Waals surface area (Å²) in [6, 6.07) is 41.9. The third kappa shape index (κ3) is 8.47. The monoisotopic (exact) mass is 986 g/mol. The van der Waals surface area contributed by atoms with Crippen LogP contribution in [-0.4, -0.2) is 19.5 Å². The van der Waals surface area contributed by atoms with Crippen LogP contribution in [-0.2, 0) is 25.5 Å². The first-order valence-corrected chi connectivity index (χ1v) is 20.5. The molecule has 61 heavy (non-hydrogen) atoms. The van der Waals surface area contributed by atoms with E-state index in [2.05, 4.69) is 150 Å². The zero-order valence-corrected chi connectivity index (χ0v) is 38.4. The van der Waals surface area contributed by atoms with Crippen LogP contribution in [0.15, 0.2) is 120 Å². The molecule has 4 aromatic heterocycles. The number of aromatic nitrogens is 4.